The maximum Gasteiger partial charge on any atom is 0.407 e. The Hall–Kier alpha value is -3.08. The molecular weight excluding hydrogens is 422 g/mol. The number of rotatable bonds is 3. The third-order valence-electron chi connectivity index (χ3n) is 6.47. The molecule has 1 saturated carbocycles. The van der Waals surface area contributed by atoms with E-state index >= 15 is 0 Å². The fourth-order valence-electron chi connectivity index (χ4n) is 4.93. The lowest BCUT2D eigenvalue weighted by molar-refractivity contribution is 0.0523. The molecule has 0 unspecified atom stereocenters. The van der Waals surface area contributed by atoms with Crippen LogP contribution in [0.3, 0.4) is 0 Å². The van der Waals surface area contributed by atoms with Gasteiger partial charge in [-0.25, -0.2) is 4.79 Å². The van der Waals surface area contributed by atoms with Crippen LogP contribution in [0.1, 0.15) is 64.0 Å². The molecule has 1 fully saturated rings. The normalized spacial score (nSPS) is 15.9. The second-order valence-electron chi connectivity index (χ2n) is 10.3. The van der Waals surface area contributed by atoms with E-state index in [0.29, 0.717) is 6.54 Å². The molecule has 1 amide bonds. The standard InChI is InChI=1S/C17H20N2.C12H17NO2/c1-2-6-15(7-3-1)19-10-9-14-12-18-11-13-5-4-8-16(19)17(13)14;1-12(2,3)15-11(14)13-9-10-7-5-4-6-8-10/h4-5,8,11-12,15H,1-3,6-7,9-10H2;4-8H,9H2,1-3H3,(H,13,14). The zero-order valence-electron chi connectivity index (χ0n) is 20.7. The Morgan fingerprint density at radius 1 is 1.03 bits per heavy atom. The van der Waals surface area contributed by atoms with Crippen LogP contribution in [0.2, 0.25) is 0 Å². The second-order valence-corrected chi connectivity index (χ2v) is 10.3. The molecule has 0 bridgehead atoms. The fraction of sp³-hybridized carbons (Fsp3) is 0.448. The third-order valence-corrected chi connectivity index (χ3v) is 6.47. The van der Waals surface area contributed by atoms with E-state index in [2.05, 4.69) is 39.6 Å². The molecule has 0 atom stereocenters. The Morgan fingerprint density at radius 2 is 1.79 bits per heavy atom. The monoisotopic (exact) mass is 459 g/mol. The molecule has 2 heterocycles. The maximum absolute atomic E-state index is 11.3. The van der Waals surface area contributed by atoms with Crippen LogP contribution in [-0.4, -0.2) is 29.3 Å². The smallest absolute Gasteiger partial charge is 0.407 e. The van der Waals surface area contributed by atoms with E-state index in [1.807, 2.05) is 57.3 Å². The molecule has 1 aliphatic heterocycles. The number of benzene rings is 2. The number of anilines is 1. The quantitative estimate of drug-likeness (QED) is 0.477. The first-order valence-corrected chi connectivity index (χ1v) is 12.5. The summed E-state index contributed by atoms with van der Waals surface area (Å²) in [6, 6.07) is 17.2. The summed E-state index contributed by atoms with van der Waals surface area (Å²) in [5.41, 5.74) is 3.50. The van der Waals surface area contributed by atoms with Crippen molar-refractivity contribution in [2.45, 2.75) is 77.5 Å². The van der Waals surface area contributed by atoms with Gasteiger partial charge in [0.25, 0.3) is 0 Å². The molecule has 0 saturated heterocycles. The number of carbonyl (C=O) groups is 1. The minimum atomic E-state index is -0.444. The highest BCUT2D eigenvalue weighted by Gasteiger charge is 2.26. The summed E-state index contributed by atoms with van der Waals surface area (Å²) in [7, 11) is 0. The molecule has 180 valence electrons. The van der Waals surface area contributed by atoms with E-state index < -0.39 is 5.60 Å². The minimum Gasteiger partial charge on any atom is -0.444 e. The van der Waals surface area contributed by atoms with Crippen LogP contribution >= 0.6 is 0 Å². The minimum absolute atomic E-state index is 0.383. The van der Waals surface area contributed by atoms with Crippen molar-refractivity contribution in [2.75, 3.05) is 11.4 Å². The first-order valence-electron chi connectivity index (χ1n) is 12.5. The summed E-state index contributed by atoms with van der Waals surface area (Å²) >= 11 is 0. The van der Waals surface area contributed by atoms with Gasteiger partial charge in [0.15, 0.2) is 0 Å². The van der Waals surface area contributed by atoms with Gasteiger partial charge in [-0.1, -0.05) is 61.7 Å². The molecule has 0 spiro atoms. The van der Waals surface area contributed by atoms with Crippen molar-refractivity contribution in [1.82, 2.24) is 10.3 Å². The van der Waals surface area contributed by atoms with Gasteiger partial charge in [-0.2, -0.15) is 0 Å². The molecule has 2 aromatic carbocycles. The van der Waals surface area contributed by atoms with Crippen LogP contribution in [0.25, 0.3) is 10.8 Å². The Kier molecular flexibility index (Phi) is 7.71. The van der Waals surface area contributed by atoms with E-state index in [4.69, 9.17) is 4.74 Å². The number of amides is 1. The number of hydrogen-bond donors (Lipinski definition) is 1. The molecule has 2 aliphatic rings. The van der Waals surface area contributed by atoms with Crippen LogP contribution in [0.15, 0.2) is 60.9 Å². The predicted molar refractivity (Wildman–Crippen MR) is 139 cm³/mol. The van der Waals surface area contributed by atoms with Gasteiger partial charge in [0.05, 0.1) is 0 Å². The number of aromatic nitrogens is 1. The van der Waals surface area contributed by atoms with E-state index in [-0.39, 0.29) is 6.09 Å². The number of nitrogens with one attached hydrogen (secondary N) is 1. The average molecular weight is 460 g/mol. The average Bonchev–Trinajstić information content (AvgIpc) is 2.84. The lowest BCUT2D eigenvalue weighted by atomic mass is 9.90. The maximum atomic E-state index is 11.3. The topological polar surface area (TPSA) is 54.5 Å². The van der Waals surface area contributed by atoms with Crippen molar-refractivity contribution in [3.05, 3.63) is 72.1 Å². The Labute approximate surface area is 203 Å². The molecule has 0 radical (unpaired) electrons. The fourth-order valence-corrected chi connectivity index (χ4v) is 4.93. The van der Waals surface area contributed by atoms with Gasteiger partial charge in [0, 0.05) is 48.0 Å². The molecular formula is C29H37N3O2. The highest BCUT2D eigenvalue weighted by atomic mass is 16.6. The SMILES string of the molecule is CC(C)(C)OC(=O)NCc1ccccc1.c1cc2c3c(cncc3c1)CCN2C1CCCCC1. The highest BCUT2D eigenvalue weighted by molar-refractivity contribution is 5.97. The summed E-state index contributed by atoms with van der Waals surface area (Å²) in [5, 5.41) is 5.45. The van der Waals surface area contributed by atoms with Crippen molar-refractivity contribution in [3.8, 4) is 0 Å². The van der Waals surface area contributed by atoms with Gasteiger partial charge in [0.2, 0.25) is 0 Å². The lowest BCUT2D eigenvalue weighted by Crippen LogP contribution is -2.40. The molecule has 3 aromatic rings. The Bertz CT molecular complexity index is 1080. The van der Waals surface area contributed by atoms with Gasteiger partial charge in [-0.15, -0.1) is 0 Å². The van der Waals surface area contributed by atoms with Crippen molar-refractivity contribution in [2.24, 2.45) is 0 Å². The summed E-state index contributed by atoms with van der Waals surface area (Å²) in [6.07, 6.45) is 11.8. The molecule has 34 heavy (non-hydrogen) atoms. The lowest BCUT2D eigenvalue weighted by Gasteiger charge is -2.39. The summed E-state index contributed by atoms with van der Waals surface area (Å²) in [5.74, 6) is 0. The largest absolute Gasteiger partial charge is 0.444 e. The van der Waals surface area contributed by atoms with Crippen LogP contribution in [0.5, 0.6) is 0 Å². The molecule has 1 aromatic heterocycles. The van der Waals surface area contributed by atoms with Crippen molar-refractivity contribution in [3.63, 3.8) is 0 Å². The second kappa shape index (κ2) is 10.9. The molecule has 5 rings (SSSR count). The number of pyridine rings is 1. The van der Waals surface area contributed by atoms with Crippen molar-refractivity contribution < 1.29 is 9.53 Å². The number of ether oxygens (including phenoxy) is 1. The van der Waals surface area contributed by atoms with Crippen LogP contribution < -0.4 is 10.2 Å². The van der Waals surface area contributed by atoms with E-state index in [1.54, 1.807) is 0 Å². The number of hydrogen-bond acceptors (Lipinski definition) is 4. The molecule has 1 aliphatic carbocycles. The summed E-state index contributed by atoms with van der Waals surface area (Å²) in [4.78, 5) is 18.4. The summed E-state index contributed by atoms with van der Waals surface area (Å²) < 4.78 is 5.11. The molecule has 1 N–H and O–H groups in total. The Morgan fingerprint density at radius 3 is 2.53 bits per heavy atom. The van der Waals surface area contributed by atoms with Gasteiger partial charge in [-0.3, -0.25) is 4.98 Å². The van der Waals surface area contributed by atoms with Crippen molar-refractivity contribution >= 4 is 22.6 Å². The number of carbonyl (C=O) groups excluding carboxylic acids is 1. The van der Waals surface area contributed by atoms with Gasteiger partial charge >= 0.3 is 6.09 Å². The van der Waals surface area contributed by atoms with E-state index in [1.165, 1.54) is 60.7 Å². The third kappa shape index (κ3) is 6.28. The zero-order valence-corrected chi connectivity index (χ0v) is 20.7. The van der Waals surface area contributed by atoms with Gasteiger partial charge < -0.3 is 15.0 Å². The predicted octanol–water partition coefficient (Wildman–Crippen LogP) is 6.64. The van der Waals surface area contributed by atoms with E-state index in [0.717, 1.165) is 18.0 Å². The van der Waals surface area contributed by atoms with E-state index in [9.17, 15) is 4.79 Å². The van der Waals surface area contributed by atoms with Crippen molar-refractivity contribution in [1.29, 1.82) is 0 Å². The highest BCUT2D eigenvalue weighted by Crippen LogP contribution is 2.37. The Balaban J connectivity index is 0.000000167. The zero-order chi connectivity index (χ0) is 24.0. The molecule has 5 heteroatoms. The van der Waals surface area contributed by atoms with Crippen LogP contribution in [0, 0.1) is 0 Å². The first kappa shape index (κ1) is 24.1. The van der Waals surface area contributed by atoms with Gasteiger partial charge in [-0.05, 0) is 57.2 Å². The molecule has 5 nitrogen and oxygen atoms in total. The number of alkyl carbamates (subject to hydrolysis) is 1. The summed E-state index contributed by atoms with van der Waals surface area (Å²) in [6.45, 7) is 7.19. The van der Waals surface area contributed by atoms with Crippen LogP contribution in [-0.2, 0) is 17.7 Å². The van der Waals surface area contributed by atoms with Crippen LogP contribution in [0.4, 0.5) is 10.5 Å². The first-order chi connectivity index (χ1) is 16.4. The van der Waals surface area contributed by atoms with Gasteiger partial charge in [0.1, 0.15) is 5.60 Å². The number of nitrogens with zero attached hydrogens (tertiary/aromatic N) is 2.